The Labute approximate surface area is 127 Å². The molecule has 112 valence electrons. The van der Waals surface area contributed by atoms with Gasteiger partial charge in [-0.25, -0.2) is 0 Å². The Morgan fingerprint density at radius 1 is 1.33 bits per heavy atom. The van der Waals surface area contributed by atoms with Gasteiger partial charge in [0.2, 0.25) is 0 Å². The molecule has 1 aromatic carbocycles. The summed E-state index contributed by atoms with van der Waals surface area (Å²) in [7, 11) is 1.66. The number of hydrogen-bond acceptors (Lipinski definition) is 5. The second kappa shape index (κ2) is 7.80. The number of carboxylic acids is 1. The van der Waals surface area contributed by atoms with Crippen molar-refractivity contribution in [3.8, 4) is 5.69 Å². The SMILES string of the molecule is COCCCc1nnc(SCC(=O)O)n1-c1ccccc1. The minimum absolute atomic E-state index is 0.0387. The molecular formula is C14H17N3O3S. The third-order valence-corrected chi connectivity index (χ3v) is 3.70. The van der Waals surface area contributed by atoms with E-state index >= 15 is 0 Å². The molecule has 0 spiro atoms. The summed E-state index contributed by atoms with van der Waals surface area (Å²) in [6, 6.07) is 9.70. The van der Waals surface area contributed by atoms with Crippen molar-refractivity contribution >= 4 is 17.7 Å². The van der Waals surface area contributed by atoms with Crippen molar-refractivity contribution in [3.63, 3.8) is 0 Å². The van der Waals surface area contributed by atoms with Crippen molar-refractivity contribution in [3.05, 3.63) is 36.2 Å². The first-order chi connectivity index (χ1) is 10.2. The van der Waals surface area contributed by atoms with E-state index in [2.05, 4.69) is 10.2 Å². The molecule has 0 unspecified atom stereocenters. The fraction of sp³-hybridized carbons (Fsp3) is 0.357. The topological polar surface area (TPSA) is 77.2 Å². The van der Waals surface area contributed by atoms with Crippen molar-refractivity contribution in [2.24, 2.45) is 0 Å². The number of rotatable bonds is 8. The molecule has 0 amide bonds. The Morgan fingerprint density at radius 3 is 2.76 bits per heavy atom. The van der Waals surface area contributed by atoms with Crippen molar-refractivity contribution in [1.82, 2.24) is 14.8 Å². The van der Waals surface area contributed by atoms with Gasteiger partial charge in [0.1, 0.15) is 5.82 Å². The highest BCUT2D eigenvalue weighted by Gasteiger charge is 2.15. The molecule has 0 radical (unpaired) electrons. The summed E-state index contributed by atoms with van der Waals surface area (Å²) in [6.07, 6.45) is 1.56. The zero-order valence-electron chi connectivity index (χ0n) is 11.7. The van der Waals surface area contributed by atoms with Gasteiger partial charge in [0.05, 0.1) is 5.75 Å². The van der Waals surface area contributed by atoms with Gasteiger partial charge < -0.3 is 9.84 Å². The number of hydrogen-bond donors (Lipinski definition) is 1. The Bertz CT molecular complexity index is 586. The zero-order chi connectivity index (χ0) is 15.1. The minimum atomic E-state index is -0.872. The maximum absolute atomic E-state index is 10.7. The summed E-state index contributed by atoms with van der Waals surface area (Å²) < 4.78 is 6.96. The zero-order valence-corrected chi connectivity index (χ0v) is 12.5. The molecule has 0 aliphatic heterocycles. The molecule has 21 heavy (non-hydrogen) atoms. The number of nitrogens with zero attached hydrogens (tertiary/aromatic N) is 3. The average molecular weight is 307 g/mol. The Morgan fingerprint density at radius 2 is 2.10 bits per heavy atom. The normalized spacial score (nSPS) is 10.7. The lowest BCUT2D eigenvalue weighted by atomic mass is 10.3. The van der Waals surface area contributed by atoms with E-state index in [0.29, 0.717) is 11.8 Å². The summed E-state index contributed by atoms with van der Waals surface area (Å²) in [4.78, 5) is 10.7. The Kier molecular flexibility index (Phi) is 5.77. The van der Waals surface area contributed by atoms with Crippen LogP contribution in [0, 0.1) is 0 Å². The van der Waals surface area contributed by atoms with Crippen LogP contribution in [0.1, 0.15) is 12.2 Å². The van der Waals surface area contributed by atoms with Crippen LogP contribution in [-0.2, 0) is 16.0 Å². The third kappa shape index (κ3) is 4.30. The predicted octanol–water partition coefficient (Wildman–Crippen LogP) is 2.02. The van der Waals surface area contributed by atoms with Gasteiger partial charge in [-0.1, -0.05) is 30.0 Å². The number of aliphatic carboxylic acids is 1. The van der Waals surface area contributed by atoms with Crippen molar-refractivity contribution in [2.45, 2.75) is 18.0 Å². The van der Waals surface area contributed by atoms with E-state index in [1.165, 1.54) is 11.8 Å². The number of ether oxygens (including phenoxy) is 1. The lowest BCUT2D eigenvalue weighted by molar-refractivity contribution is -0.133. The van der Waals surface area contributed by atoms with Crippen LogP contribution in [0.4, 0.5) is 0 Å². The smallest absolute Gasteiger partial charge is 0.313 e. The molecule has 0 aliphatic carbocycles. The van der Waals surface area contributed by atoms with Crippen LogP contribution in [0.15, 0.2) is 35.5 Å². The predicted molar refractivity (Wildman–Crippen MR) is 79.9 cm³/mol. The monoisotopic (exact) mass is 307 g/mol. The standard InChI is InChI=1S/C14H17N3O3S/c1-20-9-5-8-12-15-16-14(21-10-13(18)19)17(12)11-6-3-2-4-7-11/h2-4,6-7H,5,8-10H2,1H3,(H,18,19). The van der Waals surface area contributed by atoms with Gasteiger partial charge >= 0.3 is 5.97 Å². The fourth-order valence-corrected chi connectivity index (χ4v) is 2.58. The van der Waals surface area contributed by atoms with E-state index in [-0.39, 0.29) is 5.75 Å². The minimum Gasteiger partial charge on any atom is -0.481 e. The lowest BCUT2D eigenvalue weighted by Crippen LogP contribution is -2.06. The fourth-order valence-electron chi connectivity index (χ4n) is 1.89. The van der Waals surface area contributed by atoms with Crippen LogP contribution >= 0.6 is 11.8 Å². The van der Waals surface area contributed by atoms with Crippen molar-refractivity contribution in [1.29, 1.82) is 0 Å². The summed E-state index contributed by atoms with van der Waals surface area (Å²) >= 11 is 1.17. The van der Waals surface area contributed by atoms with Gasteiger partial charge in [0.25, 0.3) is 0 Å². The maximum atomic E-state index is 10.7. The molecule has 0 bridgehead atoms. The Balaban J connectivity index is 2.26. The number of aromatic nitrogens is 3. The number of thioether (sulfide) groups is 1. The number of carboxylic acid groups (broad SMARTS) is 1. The molecule has 1 N–H and O–H groups in total. The largest absolute Gasteiger partial charge is 0.481 e. The molecular weight excluding hydrogens is 290 g/mol. The van der Waals surface area contributed by atoms with Gasteiger partial charge in [0.15, 0.2) is 5.16 Å². The first-order valence-corrected chi connectivity index (χ1v) is 7.54. The van der Waals surface area contributed by atoms with Crippen molar-refractivity contribution in [2.75, 3.05) is 19.5 Å². The molecule has 0 saturated carbocycles. The summed E-state index contributed by atoms with van der Waals surface area (Å²) in [5, 5.41) is 17.7. The first kappa shape index (κ1) is 15.5. The molecule has 1 heterocycles. The van der Waals surface area contributed by atoms with Crippen LogP contribution in [0.2, 0.25) is 0 Å². The second-order valence-corrected chi connectivity index (χ2v) is 5.29. The molecule has 0 saturated heterocycles. The van der Waals surface area contributed by atoms with Gasteiger partial charge in [-0.05, 0) is 18.6 Å². The lowest BCUT2D eigenvalue weighted by Gasteiger charge is -2.09. The number of para-hydroxylation sites is 1. The van der Waals surface area contributed by atoms with E-state index in [1.54, 1.807) is 7.11 Å². The molecule has 7 heteroatoms. The number of carbonyl (C=O) groups is 1. The third-order valence-electron chi connectivity index (χ3n) is 2.79. The molecule has 6 nitrogen and oxygen atoms in total. The highest BCUT2D eigenvalue weighted by atomic mass is 32.2. The average Bonchev–Trinajstić information content (AvgIpc) is 2.89. The molecule has 0 atom stereocenters. The molecule has 0 aliphatic rings. The van der Waals surface area contributed by atoms with E-state index in [4.69, 9.17) is 9.84 Å². The summed E-state index contributed by atoms with van der Waals surface area (Å²) in [5.41, 5.74) is 0.933. The van der Waals surface area contributed by atoms with E-state index < -0.39 is 5.97 Å². The Hall–Kier alpha value is -1.86. The van der Waals surface area contributed by atoms with E-state index in [1.807, 2.05) is 34.9 Å². The molecule has 1 aromatic heterocycles. The molecule has 0 fully saturated rings. The van der Waals surface area contributed by atoms with Gasteiger partial charge in [-0.2, -0.15) is 0 Å². The summed E-state index contributed by atoms with van der Waals surface area (Å²) in [5.74, 6) is -0.0991. The van der Waals surface area contributed by atoms with Gasteiger partial charge in [-0.3, -0.25) is 9.36 Å². The van der Waals surface area contributed by atoms with Crippen LogP contribution < -0.4 is 0 Å². The molecule has 2 rings (SSSR count). The van der Waals surface area contributed by atoms with Gasteiger partial charge in [-0.15, -0.1) is 10.2 Å². The second-order valence-electron chi connectivity index (χ2n) is 4.35. The number of benzene rings is 1. The highest BCUT2D eigenvalue weighted by Crippen LogP contribution is 2.22. The van der Waals surface area contributed by atoms with Crippen LogP contribution in [0.3, 0.4) is 0 Å². The number of methoxy groups -OCH3 is 1. The molecule has 2 aromatic rings. The quantitative estimate of drug-likeness (QED) is 0.594. The first-order valence-electron chi connectivity index (χ1n) is 6.55. The van der Waals surface area contributed by atoms with Gasteiger partial charge in [0, 0.05) is 25.8 Å². The van der Waals surface area contributed by atoms with Crippen LogP contribution in [-0.4, -0.2) is 45.3 Å². The maximum Gasteiger partial charge on any atom is 0.313 e. The van der Waals surface area contributed by atoms with Crippen LogP contribution in [0.25, 0.3) is 5.69 Å². The highest BCUT2D eigenvalue weighted by molar-refractivity contribution is 7.99. The van der Waals surface area contributed by atoms with Crippen LogP contribution in [0.5, 0.6) is 0 Å². The van der Waals surface area contributed by atoms with Crippen molar-refractivity contribution < 1.29 is 14.6 Å². The van der Waals surface area contributed by atoms with E-state index in [9.17, 15) is 4.79 Å². The number of aryl methyl sites for hydroxylation is 1. The van der Waals surface area contributed by atoms with E-state index in [0.717, 1.165) is 24.4 Å². The summed E-state index contributed by atoms with van der Waals surface area (Å²) in [6.45, 7) is 0.652.